The van der Waals surface area contributed by atoms with Gasteiger partial charge in [-0.15, -0.1) is 0 Å². The Morgan fingerprint density at radius 3 is 2.75 bits per heavy atom. The van der Waals surface area contributed by atoms with Gasteiger partial charge in [-0.05, 0) is 51.3 Å². The molecule has 1 aliphatic carbocycles. The summed E-state index contributed by atoms with van der Waals surface area (Å²) in [6, 6.07) is 7.31. The molecule has 0 bridgehead atoms. The second-order valence-corrected chi connectivity index (χ2v) is 6.18. The van der Waals surface area contributed by atoms with Gasteiger partial charge in [0.05, 0.1) is 5.69 Å². The number of nitrogens with zero attached hydrogens (tertiary/aromatic N) is 1. The zero-order valence-electron chi connectivity index (χ0n) is 13.9. The number of carbonyl (C=O) groups excluding carboxylic acids is 2. The molecule has 0 unspecified atom stereocenters. The van der Waals surface area contributed by atoms with Crippen LogP contribution in [0.3, 0.4) is 0 Å². The molecule has 0 atom stereocenters. The maximum atomic E-state index is 12.1. The third kappa shape index (κ3) is 4.01. The number of rotatable bonds is 6. The van der Waals surface area contributed by atoms with Crippen LogP contribution in [-0.4, -0.2) is 23.0 Å². The van der Waals surface area contributed by atoms with Crippen molar-refractivity contribution in [2.45, 2.75) is 45.6 Å². The van der Waals surface area contributed by atoms with Crippen LogP contribution in [0.15, 0.2) is 28.8 Å². The molecule has 126 valence electrons. The number of nitrogens with one attached hydrogen (secondary N) is 2. The van der Waals surface area contributed by atoms with E-state index >= 15 is 0 Å². The number of aromatic nitrogens is 1. The van der Waals surface area contributed by atoms with Crippen molar-refractivity contribution < 1.29 is 14.1 Å². The number of anilines is 1. The number of hydrogen-bond donors (Lipinski definition) is 2. The van der Waals surface area contributed by atoms with E-state index in [1.54, 1.807) is 24.3 Å². The Bertz CT molecular complexity index is 743. The highest BCUT2D eigenvalue weighted by Crippen LogP contribution is 2.20. The van der Waals surface area contributed by atoms with Gasteiger partial charge < -0.3 is 15.2 Å². The van der Waals surface area contributed by atoms with Crippen molar-refractivity contribution in [2.24, 2.45) is 0 Å². The van der Waals surface area contributed by atoms with Gasteiger partial charge in [0.2, 0.25) is 5.91 Å². The second kappa shape index (κ2) is 6.86. The summed E-state index contributed by atoms with van der Waals surface area (Å²) in [5.41, 5.74) is 2.98. The SMILES string of the molecule is Cc1noc(C)c1CCC(=O)Nc1cccc(C(=O)NC2CC2)c1. The minimum atomic E-state index is -0.102. The lowest BCUT2D eigenvalue weighted by Crippen LogP contribution is -2.25. The minimum Gasteiger partial charge on any atom is -0.361 e. The normalized spacial score (nSPS) is 13.6. The van der Waals surface area contributed by atoms with Gasteiger partial charge in [0.15, 0.2) is 0 Å². The van der Waals surface area contributed by atoms with E-state index in [0.717, 1.165) is 29.9 Å². The van der Waals surface area contributed by atoms with E-state index in [9.17, 15) is 9.59 Å². The molecule has 0 aliphatic heterocycles. The molecule has 1 aliphatic rings. The molecule has 2 aromatic rings. The van der Waals surface area contributed by atoms with E-state index in [1.807, 2.05) is 13.8 Å². The summed E-state index contributed by atoms with van der Waals surface area (Å²) in [6.45, 7) is 3.71. The molecule has 6 heteroatoms. The summed E-state index contributed by atoms with van der Waals surface area (Å²) in [6.07, 6.45) is 3.00. The third-order valence-corrected chi connectivity index (χ3v) is 4.10. The van der Waals surface area contributed by atoms with Gasteiger partial charge in [0, 0.05) is 29.3 Å². The Morgan fingerprint density at radius 1 is 1.29 bits per heavy atom. The van der Waals surface area contributed by atoms with Crippen molar-refractivity contribution in [2.75, 3.05) is 5.32 Å². The quantitative estimate of drug-likeness (QED) is 0.854. The van der Waals surface area contributed by atoms with Crippen LogP contribution in [0, 0.1) is 13.8 Å². The van der Waals surface area contributed by atoms with E-state index in [1.165, 1.54) is 0 Å². The fraction of sp³-hybridized carbons (Fsp3) is 0.389. The Morgan fingerprint density at radius 2 is 2.08 bits per heavy atom. The maximum absolute atomic E-state index is 12.1. The Balaban J connectivity index is 1.56. The van der Waals surface area contributed by atoms with Gasteiger partial charge in [-0.25, -0.2) is 0 Å². The predicted octanol–water partition coefficient (Wildman–Crippen LogP) is 2.75. The predicted molar refractivity (Wildman–Crippen MR) is 89.9 cm³/mol. The van der Waals surface area contributed by atoms with Crippen molar-refractivity contribution >= 4 is 17.5 Å². The monoisotopic (exact) mass is 327 g/mol. The molecule has 1 saturated carbocycles. The largest absolute Gasteiger partial charge is 0.361 e. The average Bonchev–Trinajstić information content (AvgIpc) is 3.31. The van der Waals surface area contributed by atoms with Crippen LogP contribution in [-0.2, 0) is 11.2 Å². The topological polar surface area (TPSA) is 84.2 Å². The van der Waals surface area contributed by atoms with E-state index in [-0.39, 0.29) is 11.8 Å². The first-order valence-electron chi connectivity index (χ1n) is 8.15. The molecule has 2 N–H and O–H groups in total. The van der Waals surface area contributed by atoms with Gasteiger partial charge in [-0.3, -0.25) is 9.59 Å². The fourth-order valence-corrected chi connectivity index (χ4v) is 2.56. The lowest BCUT2D eigenvalue weighted by atomic mass is 10.1. The van der Waals surface area contributed by atoms with Crippen LogP contribution in [0.4, 0.5) is 5.69 Å². The minimum absolute atomic E-state index is 0.0932. The highest BCUT2D eigenvalue weighted by Gasteiger charge is 2.23. The summed E-state index contributed by atoms with van der Waals surface area (Å²) in [7, 11) is 0. The van der Waals surface area contributed by atoms with E-state index in [2.05, 4.69) is 15.8 Å². The van der Waals surface area contributed by atoms with Gasteiger partial charge >= 0.3 is 0 Å². The molecule has 0 radical (unpaired) electrons. The molecule has 0 saturated heterocycles. The molecule has 2 amide bonds. The smallest absolute Gasteiger partial charge is 0.251 e. The molecule has 1 heterocycles. The van der Waals surface area contributed by atoms with Crippen LogP contribution in [0.1, 0.15) is 46.6 Å². The van der Waals surface area contributed by atoms with E-state index in [4.69, 9.17) is 4.52 Å². The van der Waals surface area contributed by atoms with Crippen LogP contribution >= 0.6 is 0 Å². The van der Waals surface area contributed by atoms with Gasteiger partial charge in [-0.2, -0.15) is 0 Å². The van der Waals surface area contributed by atoms with Crippen LogP contribution in [0.5, 0.6) is 0 Å². The number of carbonyl (C=O) groups is 2. The Hall–Kier alpha value is -2.63. The lowest BCUT2D eigenvalue weighted by molar-refractivity contribution is -0.116. The molecular weight excluding hydrogens is 306 g/mol. The lowest BCUT2D eigenvalue weighted by Gasteiger charge is -2.08. The highest BCUT2D eigenvalue weighted by molar-refractivity contribution is 5.97. The Kier molecular flexibility index (Phi) is 4.64. The zero-order valence-corrected chi connectivity index (χ0v) is 13.9. The van der Waals surface area contributed by atoms with Crippen molar-refractivity contribution in [1.82, 2.24) is 10.5 Å². The summed E-state index contributed by atoms with van der Waals surface area (Å²) >= 11 is 0. The van der Waals surface area contributed by atoms with Gasteiger partial charge in [0.1, 0.15) is 5.76 Å². The highest BCUT2D eigenvalue weighted by atomic mass is 16.5. The summed E-state index contributed by atoms with van der Waals surface area (Å²) in [5.74, 6) is 0.554. The van der Waals surface area contributed by atoms with Crippen LogP contribution < -0.4 is 10.6 Å². The Labute approximate surface area is 140 Å². The standard InChI is InChI=1S/C18H21N3O3/c1-11-16(12(2)24-21-11)8-9-17(22)19-15-5-3-4-13(10-15)18(23)20-14-6-7-14/h3-5,10,14H,6-9H2,1-2H3,(H,19,22)(H,20,23). The molecule has 0 spiro atoms. The third-order valence-electron chi connectivity index (χ3n) is 4.10. The van der Waals surface area contributed by atoms with Crippen LogP contribution in [0.2, 0.25) is 0 Å². The van der Waals surface area contributed by atoms with E-state index in [0.29, 0.717) is 30.1 Å². The number of amides is 2. The van der Waals surface area contributed by atoms with Crippen molar-refractivity contribution in [1.29, 1.82) is 0 Å². The fourth-order valence-electron chi connectivity index (χ4n) is 2.56. The van der Waals surface area contributed by atoms with Crippen molar-refractivity contribution in [3.63, 3.8) is 0 Å². The summed E-state index contributed by atoms with van der Waals surface area (Å²) in [4.78, 5) is 24.2. The number of benzene rings is 1. The molecule has 6 nitrogen and oxygen atoms in total. The van der Waals surface area contributed by atoms with Crippen LogP contribution in [0.25, 0.3) is 0 Å². The molecule has 1 aromatic carbocycles. The first-order chi connectivity index (χ1) is 11.5. The van der Waals surface area contributed by atoms with Gasteiger partial charge in [0.25, 0.3) is 5.91 Å². The van der Waals surface area contributed by atoms with Crippen molar-refractivity contribution in [3.05, 3.63) is 46.8 Å². The number of hydrogen-bond acceptors (Lipinski definition) is 4. The molecule has 1 fully saturated rings. The molecular formula is C18H21N3O3. The summed E-state index contributed by atoms with van der Waals surface area (Å²) in [5, 5.41) is 9.66. The number of aryl methyl sites for hydroxylation is 2. The van der Waals surface area contributed by atoms with Gasteiger partial charge in [-0.1, -0.05) is 11.2 Å². The second-order valence-electron chi connectivity index (χ2n) is 6.18. The molecule has 1 aromatic heterocycles. The van der Waals surface area contributed by atoms with Crippen molar-refractivity contribution in [3.8, 4) is 0 Å². The van der Waals surface area contributed by atoms with E-state index < -0.39 is 0 Å². The maximum Gasteiger partial charge on any atom is 0.251 e. The first kappa shape index (κ1) is 16.2. The average molecular weight is 327 g/mol. The molecule has 24 heavy (non-hydrogen) atoms. The summed E-state index contributed by atoms with van der Waals surface area (Å²) < 4.78 is 5.10. The molecule has 3 rings (SSSR count). The zero-order chi connectivity index (χ0) is 17.1. The first-order valence-corrected chi connectivity index (χ1v) is 8.15.